The molecule has 0 atom stereocenters. The highest BCUT2D eigenvalue weighted by molar-refractivity contribution is 5.92. The molecule has 0 aliphatic rings. The standard InChI is InChI=1S/C14H16FN3O2/c1-9-17-12(14(19)20-2)13(16)18(9)7-6-10-4-3-5-11(15)8-10/h3-5,8H,6-7,16H2,1-2H3. The van der Waals surface area contributed by atoms with Crippen molar-refractivity contribution in [3.63, 3.8) is 0 Å². The Labute approximate surface area is 116 Å². The van der Waals surface area contributed by atoms with Crippen molar-refractivity contribution in [2.45, 2.75) is 19.9 Å². The summed E-state index contributed by atoms with van der Waals surface area (Å²) in [6.45, 7) is 2.28. The molecule has 1 heterocycles. The molecule has 106 valence electrons. The number of carbonyl (C=O) groups excluding carboxylic acids is 1. The van der Waals surface area contributed by atoms with Gasteiger partial charge in [0.1, 0.15) is 17.5 Å². The molecule has 0 unspecified atom stereocenters. The largest absolute Gasteiger partial charge is 0.464 e. The zero-order valence-electron chi connectivity index (χ0n) is 11.4. The highest BCUT2D eigenvalue weighted by Crippen LogP contribution is 2.16. The van der Waals surface area contributed by atoms with Gasteiger partial charge in [0.15, 0.2) is 5.69 Å². The molecule has 20 heavy (non-hydrogen) atoms. The van der Waals surface area contributed by atoms with Crippen LogP contribution in [0.15, 0.2) is 24.3 Å². The lowest BCUT2D eigenvalue weighted by atomic mass is 10.1. The van der Waals surface area contributed by atoms with Crippen LogP contribution in [0.3, 0.4) is 0 Å². The van der Waals surface area contributed by atoms with Gasteiger partial charge < -0.3 is 15.0 Å². The van der Waals surface area contributed by atoms with E-state index in [0.717, 1.165) is 5.56 Å². The number of nitrogens with zero attached hydrogens (tertiary/aromatic N) is 2. The number of nitrogen functional groups attached to an aromatic ring is 1. The van der Waals surface area contributed by atoms with Gasteiger partial charge in [-0.15, -0.1) is 0 Å². The number of anilines is 1. The number of carbonyl (C=O) groups is 1. The quantitative estimate of drug-likeness (QED) is 0.867. The first kappa shape index (κ1) is 14.0. The van der Waals surface area contributed by atoms with Gasteiger partial charge in [-0.3, -0.25) is 0 Å². The summed E-state index contributed by atoms with van der Waals surface area (Å²) in [5.41, 5.74) is 6.87. The molecule has 2 aromatic rings. The molecule has 2 N–H and O–H groups in total. The normalized spacial score (nSPS) is 10.6. The Morgan fingerprint density at radius 2 is 2.25 bits per heavy atom. The number of methoxy groups -OCH3 is 1. The van der Waals surface area contributed by atoms with E-state index in [9.17, 15) is 9.18 Å². The lowest BCUT2D eigenvalue weighted by Crippen LogP contribution is -2.10. The first-order chi connectivity index (χ1) is 9.52. The fourth-order valence-corrected chi connectivity index (χ4v) is 2.04. The molecule has 5 nitrogen and oxygen atoms in total. The molecular formula is C14H16FN3O2. The van der Waals surface area contributed by atoms with Gasteiger partial charge in [-0.2, -0.15) is 0 Å². The molecule has 1 aromatic carbocycles. The number of halogens is 1. The highest BCUT2D eigenvalue weighted by Gasteiger charge is 2.18. The number of hydrogen-bond acceptors (Lipinski definition) is 4. The van der Waals surface area contributed by atoms with Gasteiger partial charge in [-0.05, 0) is 31.0 Å². The van der Waals surface area contributed by atoms with Gasteiger partial charge in [0, 0.05) is 6.54 Å². The van der Waals surface area contributed by atoms with Crippen molar-refractivity contribution in [2.75, 3.05) is 12.8 Å². The smallest absolute Gasteiger partial charge is 0.360 e. The predicted octanol–water partition coefficient (Wildman–Crippen LogP) is 1.94. The molecule has 1 aromatic heterocycles. The lowest BCUT2D eigenvalue weighted by Gasteiger charge is -2.08. The van der Waals surface area contributed by atoms with Gasteiger partial charge >= 0.3 is 5.97 Å². The van der Waals surface area contributed by atoms with Crippen LogP contribution in [0.5, 0.6) is 0 Å². The first-order valence-corrected chi connectivity index (χ1v) is 6.18. The van der Waals surface area contributed by atoms with Crippen LogP contribution in [0.25, 0.3) is 0 Å². The summed E-state index contributed by atoms with van der Waals surface area (Å²) in [7, 11) is 1.28. The number of aromatic nitrogens is 2. The van der Waals surface area contributed by atoms with Crippen LogP contribution in [0.4, 0.5) is 10.2 Å². The lowest BCUT2D eigenvalue weighted by molar-refractivity contribution is 0.0595. The number of nitrogens with two attached hydrogens (primary N) is 1. The number of hydrogen-bond donors (Lipinski definition) is 1. The molecule has 0 aliphatic carbocycles. The van der Waals surface area contributed by atoms with Crippen LogP contribution >= 0.6 is 0 Å². The maximum absolute atomic E-state index is 13.1. The molecule has 6 heteroatoms. The monoisotopic (exact) mass is 277 g/mol. The number of ether oxygens (including phenoxy) is 1. The van der Waals surface area contributed by atoms with Gasteiger partial charge in [0.05, 0.1) is 7.11 Å². The summed E-state index contributed by atoms with van der Waals surface area (Å²) in [6, 6.07) is 6.38. The van der Waals surface area contributed by atoms with Crippen LogP contribution in [0.1, 0.15) is 21.9 Å². The van der Waals surface area contributed by atoms with Crippen LogP contribution in [-0.2, 0) is 17.7 Å². The molecule has 0 radical (unpaired) electrons. The predicted molar refractivity (Wildman–Crippen MR) is 72.8 cm³/mol. The van der Waals surface area contributed by atoms with Gasteiger partial charge in [0.2, 0.25) is 0 Å². The Morgan fingerprint density at radius 1 is 1.50 bits per heavy atom. The van der Waals surface area contributed by atoms with E-state index < -0.39 is 5.97 Å². The average molecular weight is 277 g/mol. The van der Waals surface area contributed by atoms with Crippen LogP contribution in [0.2, 0.25) is 0 Å². The van der Waals surface area contributed by atoms with E-state index in [-0.39, 0.29) is 17.3 Å². The van der Waals surface area contributed by atoms with E-state index in [1.54, 1.807) is 17.6 Å². The first-order valence-electron chi connectivity index (χ1n) is 6.18. The van der Waals surface area contributed by atoms with E-state index >= 15 is 0 Å². The fraction of sp³-hybridized carbons (Fsp3) is 0.286. The van der Waals surface area contributed by atoms with E-state index in [0.29, 0.717) is 18.8 Å². The van der Waals surface area contributed by atoms with Crippen molar-refractivity contribution in [1.29, 1.82) is 0 Å². The van der Waals surface area contributed by atoms with Crippen molar-refractivity contribution in [1.82, 2.24) is 9.55 Å². The van der Waals surface area contributed by atoms with Crippen LogP contribution in [-0.4, -0.2) is 22.6 Å². The Hall–Kier alpha value is -2.37. The molecule has 0 bridgehead atoms. The summed E-state index contributed by atoms with van der Waals surface area (Å²) < 4.78 is 19.4. The van der Waals surface area contributed by atoms with E-state index in [2.05, 4.69) is 9.72 Å². The molecule has 0 spiro atoms. The minimum Gasteiger partial charge on any atom is -0.464 e. The maximum atomic E-state index is 13.1. The van der Waals surface area contributed by atoms with Crippen molar-refractivity contribution < 1.29 is 13.9 Å². The highest BCUT2D eigenvalue weighted by atomic mass is 19.1. The number of rotatable bonds is 4. The third-order valence-electron chi connectivity index (χ3n) is 3.09. The Bertz CT molecular complexity index is 637. The van der Waals surface area contributed by atoms with Gasteiger partial charge in [-0.1, -0.05) is 12.1 Å². The average Bonchev–Trinajstić information content (AvgIpc) is 2.71. The number of imidazole rings is 1. The molecule has 0 amide bonds. The summed E-state index contributed by atoms with van der Waals surface area (Å²) in [5, 5.41) is 0. The maximum Gasteiger partial charge on any atom is 0.360 e. The third kappa shape index (κ3) is 2.79. The number of aryl methyl sites for hydroxylation is 2. The van der Waals surface area contributed by atoms with E-state index in [1.807, 2.05) is 6.07 Å². The second kappa shape index (κ2) is 5.73. The number of esters is 1. The minimum absolute atomic E-state index is 0.115. The molecule has 2 rings (SSSR count). The van der Waals surface area contributed by atoms with Crippen molar-refractivity contribution in [2.24, 2.45) is 0 Å². The Morgan fingerprint density at radius 3 is 2.90 bits per heavy atom. The van der Waals surface area contributed by atoms with Gasteiger partial charge in [0.25, 0.3) is 0 Å². The van der Waals surface area contributed by atoms with E-state index in [4.69, 9.17) is 5.73 Å². The molecular weight excluding hydrogens is 261 g/mol. The van der Waals surface area contributed by atoms with Crippen LogP contribution < -0.4 is 5.73 Å². The van der Waals surface area contributed by atoms with Crippen LogP contribution in [0, 0.1) is 12.7 Å². The fourth-order valence-electron chi connectivity index (χ4n) is 2.04. The second-order valence-corrected chi connectivity index (χ2v) is 4.42. The summed E-state index contributed by atoms with van der Waals surface area (Å²) in [5.74, 6) is 0.0632. The summed E-state index contributed by atoms with van der Waals surface area (Å²) in [6.07, 6.45) is 0.597. The molecule has 0 saturated carbocycles. The van der Waals surface area contributed by atoms with E-state index in [1.165, 1.54) is 19.2 Å². The van der Waals surface area contributed by atoms with Gasteiger partial charge in [-0.25, -0.2) is 14.2 Å². The SMILES string of the molecule is COC(=O)c1nc(C)n(CCc2cccc(F)c2)c1N. The zero-order valence-corrected chi connectivity index (χ0v) is 11.4. The summed E-state index contributed by atoms with van der Waals surface area (Å²) >= 11 is 0. The Kier molecular flexibility index (Phi) is 4.02. The second-order valence-electron chi connectivity index (χ2n) is 4.42. The zero-order chi connectivity index (χ0) is 14.7. The third-order valence-corrected chi connectivity index (χ3v) is 3.09. The molecule has 0 fully saturated rings. The topological polar surface area (TPSA) is 70.1 Å². The minimum atomic E-state index is -0.560. The number of benzene rings is 1. The van der Waals surface area contributed by atoms with Crippen molar-refractivity contribution >= 4 is 11.8 Å². The molecule has 0 saturated heterocycles. The molecule has 0 aliphatic heterocycles. The summed E-state index contributed by atoms with van der Waals surface area (Å²) in [4.78, 5) is 15.6. The van der Waals surface area contributed by atoms with Crippen molar-refractivity contribution in [3.8, 4) is 0 Å². The van der Waals surface area contributed by atoms with Crippen molar-refractivity contribution in [3.05, 3.63) is 47.2 Å². The Balaban J connectivity index is 2.18.